The van der Waals surface area contributed by atoms with Crippen LogP contribution in [-0.2, 0) is 4.74 Å². The number of nitrogens with zero attached hydrogens (tertiary/aromatic N) is 3. The zero-order chi connectivity index (χ0) is 18.4. The highest BCUT2D eigenvalue weighted by molar-refractivity contribution is 6.29. The van der Waals surface area contributed by atoms with Crippen molar-refractivity contribution in [3.05, 3.63) is 16.9 Å². The van der Waals surface area contributed by atoms with Crippen LogP contribution in [0.1, 0.15) is 58.6 Å². The van der Waals surface area contributed by atoms with E-state index in [4.69, 9.17) is 21.1 Å². The minimum Gasteiger partial charge on any atom is -0.463 e. The Morgan fingerprint density at radius 1 is 1.36 bits per heavy atom. The van der Waals surface area contributed by atoms with E-state index in [1.165, 1.54) is 0 Å². The number of amides is 1. The first-order valence-corrected chi connectivity index (χ1v) is 9.26. The first-order valence-electron chi connectivity index (χ1n) is 8.88. The van der Waals surface area contributed by atoms with Gasteiger partial charge in [-0.3, -0.25) is 0 Å². The summed E-state index contributed by atoms with van der Waals surface area (Å²) in [4.78, 5) is 22.5. The number of piperidine rings is 1. The first-order chi connectivity index (χ1) is 11.7. The average molecular weight is 370 g/mol. The molecule has 0 unspecified atom stereocenters. The minimum atomic E-state index is -0.468. The van der Waals surface area contributed by atoms with E-state index in [9.17, 15) is 4.79 Å². The van der Waals surface area contributed by atoms with Crippen LogP contribution in [0.15, 0.2) is 6.07 Å². The second kappa shape index (κ2) is 8.70. The Bertz CT molecular complexity index is 569. The lowest BCUT2D eigenvalue weighted by Gasteiger charge is -2.36. The SMILES string of the molecule is Cc1cc(Cl)nc(OCCC[C@H]2CCCCN2C(=O)OC(C)(C)C)n1. The highest BCUT2D eigenvalue weighted by Crippen LogP contribution is 2.23. The third-order valence-corrected chi connectivity index (χ3v) is 4.16. The molecule has 1 aromatic rings. The summed E-state index contributed by atoms with van der Waals surface area (Å²) >= 11 is 5.90. The van der Waals surface area contributed by atoms with Crippen LogP contribution in [0.4, 0.5) is 4.79 Å². The molecule has 140 valence electrons. The standard InChI is InChI=1S/C18H28ClN3O3/c1-13-12-15(19)21-16(20-13)24-11-7-9-14-8-5-6-10-22(14)17(23)25-18(2,3)4/h12,14H,5-11H2,1-4H3/t14-/m1/s1. The highest BCUT2D eigenvalue weighted by Gasteiger charge is 2.30. The van der Waals surface area contributed by atoms with Crippen molar-refractivity contribution in [2.75, 3.05) is 13.2 Å². The number of hydrogen-bond donors (Lipinski definition) is 0. The molecule has 0 N–H and O–H groups in total. The van der Waals surface area contributed by atoms with Gasteiger partial charge in [0.25, 0.3) is 0 Å². The molecule has 1 fully saturated rings. The molecule has 7 heteroatoms. The Balaban J connectivity index is 1.82. The van der Waals surface area contributed by atoms with E-state index in [-0.39, 0.29) is 12.1 Å². The van der Waals surface area contributed by atoms with Crippen molar-refractivity contribution < 1.29 is 14.3 Å². The van der Waals surface area contributed by atoms with Gasteiger partial charge in [0.1, 0.15) is 10.8 Å². The molecule has 0 bridgehead atoms. The van der Waals surface area contributed by atoms with Gasteiger partial charge in [0, 0.05) is 18.3 Å². The normalized spacial score (nSPS) is 18.1. The first kappa shape index (κ1) is 19.8. The van der Waals surface area contributed by atoms with Crippen LogP contribution in [0, 0.1) is 6.92 Å². The van der Waals surface area contributed by atoms with E-state index in [1.807, 2.05) is 32.6 Å². The molecule has 1 aromatic heterocycles. The molecule has 0 spiro atoms. The lowest BCUT2D eigenvalue weighted by molar-refractivity contribution is 0.00820. The zero-order valence-corrected chi connectivity index (χ0v) is 16.3. The van der Waals surface area contributed by atoms with E-state index < -0.39 is 5.60 Å². The Morgan fingerprint density at radius 3 is 2.80 bits per heavy atom. The van der Waals surface area contributed by atoms with Gasteiger partial charge in [-0.2, -0.15) is 4.98 Å². The molecule has 1 aliphatic heterocycles. The van der Waals surface area contributed by atoms with Gasteiger partial charge >= 0.3 is 12.1 Å². The van der Waals surface area contributed by atoms with Crippen LogP contribution >= 0.6 is 11.6 Å². The summed E-state index contributed by atoms with van der Waals surface area (Å²) in [6, 6.07) is 2.20. The number of ether oxygens (including phenoxy) is 2. The summed E-state index contributed by atoms with van der Waals surface area (Å²) in [5, 5.41) is 0.380. The number of aryl methyl sites for hydroxylation is 1. The quantitative estimate of drug-likeness (QED) is 0.569. The average Bonchev–Trinajstić information content (AvgIpc) is 2.49. The topological polar surface area (TPSA) is 64.5 Å². The van der Waals surface area contributed by atoms with Crippen LogP contribution in [0.2, 0.25) is 5.15 Å². The molecule has 0 saturated carbocycles. The van der Waals surface area contributed by atoms with Gasteiger partial charge in [-0.25, -0.2) is 9.78 Å². The van der Waals surface area contributed by atoms with Gasteiger partial charge < -0.3 is 14.4 Å². The number of carbonyl (C=O) groups is 1. The van der Waals surface area contributed by atoms with Gasteiger partial charge in [-0.1, -0.05) is 11.6 Å². The fraction of sp³-hybridized carbons (Fsp3) is 0.722. The van der Waals surface area contributed by atoms with Crippen LogP contribution < -0.4 is 4.74 Å². The van der Waals surface area contributed by atoms with Gasteiger partial charge in [-0.15, -0.1) is 0 Å². The summed E-state index contributed by atoms with van der Waals surface area (Å²) in [5.41, 5.74) is 0.308. The maximum Gasteiger partial charge on any atom is 0.410 e. The highest BCUT2D eigenvalue weighted by atomic mass is 35.5. The Hall–Kier alpha value is -1.56. The third-order valence-electron chi connectivity index (χ3n) is 3.97. The minimum absolute atomic E-state index is 0.203. The Labute approximate surface area is 154 Å². The molecule has 0 aliphatic carbocycles. The molecule has 0 radical (unpaired) electrons. The molecule has 0 aromatic carbocycles. The summed E-state index contributed by atoms with van der Waals surface area (Å²) in [5.74, 6) is 0. The number of aromatic nitrogens is 2. The van der Waals surface area contributed by atoms with E-state index in [1.54, 1.807) is 6.07 Å². The monoisotopic (exact) mass is 369 g/mol. The molecule has 1 saturated heterocycles. The van der Waals surface area contributed by atoms with Crippen molar-refractivity contribution in [1.29, 1.82) is 0 Å². The third kappa shape index (κ3) is 6.69. The lowest BCUT2D eigenvalue weighted by atomic mass is 9.98. The second-order valence-corrected chi connectivity index (χ2v) is 7.82. The fourth-order valence-electron chi connectivity index (χ4n) is 2.91. The number of rotatable bonds is 5. The van der Waals surface area contributed by atoms with Crippen molar-refractivity contribution >= 4 is 17.7 Å². The smallest absolute Gasteiger partial charge is 0.410 e. The van der Waals surface area contributed by atoms with Crippen molar-refractivity contribution in [3.8, 4) is 6.01 Å². The molecular formula is C18H28ClN3O3. The number of likely N-dealkylation sites (tertiary alicyclic amines) is 1. The lowest BCUT2D eigenvalue weighted by Crippen LogP contribution is -2.46. The summed E-state index contributed by atoms with van der Waals surface area (Å²) in [6.45, 7) is 8.79. The predicted molar refractivity (Wildman–Crippen MR) is 97.1 cm³/mol. The van der Waals surface area contributed by atoms with Crippen LogP contribution in [0.25, 0.3) is 0 Å². The summed E-state index contributed by atoms with van der Waals surface area (Å²) in [7, 11) is 0. The molecule has 2 heterocycles. The molecule has 1 atom stereocenters. The van der Waals surface area contributed by atoms with E-state index in [2.05, 4.69) is 9.97 Å². The van der Waals surface area contributed by atoms with E-state index in [0.717, 1.165) is 44.3 Å². The Kier molecular flexibility index (Phi) is 6.87. The summed E-state index contributed by atoms with van der Waals surface area (Å²) in [6.07, 6.45) is 4.65. The van der Waals surface area contributed by atoms with Crippen LogP contribution in [0.5, 0.6) is 6.01 Å². The van der Waals surface area contributed by atoms with Gasteiger partial charge in [0.05, 0.1) is 6.61 Å². The molecular weight excluding hydrogens is 342 g/mol. The van der Waals surface area contributed by atoms with Gasteiger partial charge in [0.15, 0.2) is 0 Å². The van der Waals surface area contributed by atoms with Crippen LogP contribution in [0.3, 0.4) is 0 Å². The molecule has 1 amide bonds. The number of carbonyl (C=O) groups excluding carboxylic acids is 1. The largest absolute Gasteiger partial charge is 0.463 e. The fourth-order valence-corrected chi connectivity index (χ4v) is 3.14. The number of halogens is 1. The molecule has 25 heavy (non-hydrogen) atoms. The molecule has 1 aliphatic rings. The van der Waals surface area contributed by atoms with Gasteiger partial charge in [0.2, 0.25) is 0 Å². The van der Waals surface area contributed by atoms with Crippen molar-refractivity contribution in [3.63, 3.8) is 0 Å². The maximum absolute atomic E-state index is 12.4. The van der Waals surface area contributed by atoms with Crippen molar-refractivity contribution in [2.24, 2.45) is 0 Å². The van der Waals surface area contributed by atoms with Gasteiger partial charge in [-0.05, 0) is 65.9 Å². The molecule has 2 rings (SSSR count). The van der Waals surface area contributed by atoms with Crippen molar-refractivity contribution in [2.45, 2.75) is 71.4 Å². The Morgan fingerprint density at radius 2 is 2.12 bits per heavy atom. The van der Waals surface area contributed by atoms with E-state index >= 15 is 0 Å². The molecule has 6 nitrogen and oxygen atoms in total. The van der Waals surface area contributed by atoms with Crippen LogP contribution in [-0.4, -0.2) is 45.8 Å². The summed E-state index contributed by atoms with van der Waals surface area (Å²) < 4.78 is 11.1. The zero-order valence-electron chi connectivity index (χ0n) is 15.5. The number of hydrogen-bond acceptors (Lipinski definition) is 5. The van der Waals surface area contributed by atoms with E-state index in [0.29, 0.717) is 17.8 Å². The second-order valence-electron chi connectivity index (χ2n) is 7.43. The van der Waals surface area contributed by atoms with Crippen molar-refractivity contribution in [1.82, 2.24) is 14.9 Å². The predicted octanol–water partition coefficient (Wildman–Crippen LogP) is 4.39. The maximum atomic E-state index is 12.4.